The maximum absolute atomic E-state index is 11.2. The summed E-state index contributed by atoms with van der Waals surface area (Å²) in [4.78, 5) is 0. The molecule has 6 nitrogen and oxygen atoms in total. The summed E-state index contributed by atoms with van der Waals surface area (Å²) < 4.78 is 46.3. The predicted molar refractivity (Wildman–Crippen MR) is 59.5 cm³/mol. The monoisotopic (exact) mass is 258 g/mol. The summed E-state index contributed by atoms with van der Waals surface area (Å²) in [5.74, 6) is 0.101. The summed E-state index contributed by atoms with van der Waals surface area (Å²) in [6.45, 7) is 2.54. The van der Waals surface area contributed by atoms with Crippen molar-refractivity contribution in [2.45, 2.75) is 13.3 Å². The minimum Gasteiger partial charge on any atom is -0.330 e. The van der Waals surface area contributed by atoms with E-state index in [9.17, 15) is 16.8 Å². The lowest BCUT2D eigenvalue weighted by Gasteiger charge is -2.11. The molecule has 0 aromatic rings. The molecule has 0 aliphatic heterocycles. The van der Waals surface area contributed by atoms with Crippen molar-refractivity contribution in [3.63, 3.8) is 0 Å². The van der Waals surface area contributed by atoms with Crippen molar-refractivity contribution in [1.82, 2.24) is 4.72 Å². The van der Waals surface area contributed by atoms with E-state index >= 15 is 0 Å². The van der Waals surface area contributed by atoms with Gasteiger partial charge in [0.15, 0.2) is 14.9 Å². The molecule has 1 atom stereocenters. The molecule has 0 bridgehead atoms. The van der Waals surface area contributed by atoms with Crippen LogP contribution in [0.3, 0.4) is 0 Å². The van der Waals surface area contributed by atoms with Gasteiger partial charge >= 0.3 is 0 Å². The highest BCUT2D eigenvalue weighted by Gasteiger charge is 2.18. The molecule has 0 saturated carbocycles. The SMILES string of the molecule is CC(CCN)CNS(=O)(=O)CS(C)(=O)=O. The number of sulfonamides is 1. The Kier molecular flexibility index (Phi) is 5.71. The first kappa shape index (κ1) is 14.8. The number of sulfone groups is 1. The quantitative estimate of drug-likeness (QED) is 0.602. The molecule has 0 aliphatic carbocycles. The average Bonchev–Trinajstić information content (AvgIpc) is 1.97. The number of nitrogens with one attached hydrogen (secondary N) is 1. The van der Waals surface area contributed by atoms with Crippen molar-refractivity contribution < 1.29 is 16.8 Å². The van der Waals surface area contributed by atoms with Crippen molar-refractivity contribution in [3.8, 4) is 0 Å². The number of hydrogen-bond acceptors (Lipinski definition) is 5. The van der Waals surface area contributed by atoms with Crippen LogP contribution in [-0.2, 0) is 19.9 Å². The highest BCUT2D eigenvalue weighted by Crippen LogP contribution is 1.99. The topological polar surface area (TPSA) is 106 Å². The maximum Gasteiger partial charge on any atom is 0.226 e. The Morgan fingerprint density at radius 3 is 2.20 bits per heavy atom. The highest BCUT2D eigenvalue weighted by molar-refractivity contribution is 8.06. The van der Waals surface area contributed by atoms with Gasteiger partial charge in [0.2, 0.25) is 10.0 Å². The molecule has 0 spiro atoms. The molecule has 0 fully saturated rings. The zero-order valence-corrected chi connectivity index (χ0v) is 10.6. The fourth-order valence-corrected chi connectivity index (χ4v) is 4.11. The molecule has 0 aliphatic rings. The van der Waals surface area contributed by atoms with E-state index in [-0.39, 0.29) is 12.5 Å². The number of rotatable bonds is 7. The van der Waals surface area contributed by atoms with Crippen LogP contribution in [0.25, 0.3) is 0 Å². The average molecular weight is 258 g/mol. The van der Waals surface area contributed by atoms with Crippen LogP contribution in [0.15, 0.2) is 0 Å². The Morgan fingerprint density at radius 1 is 1.27 bits per heavy atom. The second-order valence-electron chi connectivity index (χ2n) is 3.69. The first-order chi connectivity index (χ1) is 6.66. The number of hydrogen-bond donors (Lipinski definition) is 2. The lowest BCUT2D eigenvalue weighted by Crippen LogP contribution is -2.33. The third-order valence-corrected chi connectivity index (χ3v) is 5.24. The van der Waals surface area contributed by atoms with Crippen molar-refractivity contribution in [2.75, 3.05) is 24.4 Å². The fraction of sp³-hybridized carbons (Fsp3) is 1.00. The van der Waals surface area contributed by atoms with E-state index in [1.54, 1.807) is 0 Å². The van der Waals surface area contributed by atoms with Crippen LogP contribution in [0.5, 0.6) is 0 Å². The summed E-state index contributed by atoms with van der Waals surface area (Å²) in [7, 11) is -7.25. The molecule has 0 rings (SSSR count). The molecule has 92 valence electrons. The Balaban J connectivity index is 4.18. The summed E-state index contributed by atoms with van der Waals surface area (Å²) >= 11 is 0. The normalized spacial score (nSPS) is 15.1. The van der Waals surface area contributed by atoms with E-state index in [2.05, 4.69) is 4.72 Å². The highest BCUT2D eigenvalue weighted by atomic mass is 32.3. The third-order valence-electron chi connectivity index (χ3n) is 1.68. The van der Waals surface area contributed by atoms with Crippen molar-refractivity contribution >= 4 is 19.9 Å². The van der Waals surface area contributed by atoms with Gasteiger partial charge in [0.1, 0.15) is 0 Å². The second-order valence-corrected chi connectivity index (χ2v) is 8.00. The Morgan fingerprint density at radius 2 is 1.80 bits per heavy atom. The van der Waals surface area contributed by atoms with Gasteiger partial charge in [0, 0.05) is 12.8 Å². The van der Waals surface area contributed by atoms with E-state index in [4.69, 9.17) is 5.73 Å². The van der Waals surface area contributed by atoms with Crippen molar-refractivity contribution in [1.29, 1.82) is 0 Å². The van der Waals surface area contributed by atoms with E-state index in [0.29, 0.717) is 13.0 Å². The van der Waals surface area contributed by atoms with Gasteiger partial charge in [0.25, 0.3) is 0 Å². The minimum absolute atomic E-state index is 0.101. The summed E-state index contributed by atoms with van der Waals surface area (Å²) in [6, 6.07) is 0. The molecular weight excluding hydrogens is 240 g/mol. The van der Waals surface area contributed by atoms with Gasteiger partial charge in [-0.05, 0) is 18.9 Å². The van der Waals surface area contributed by atoms with Gasteiger partial charge in [-0.25, -0.2) is 21.6 Å². The smallest absolute Gasteiger partial charge is 0.226 e. The van der Waals surface area contributed by atoms with Gasteiger partial charge in [-0.15, -0.1) is 0 Å². The summed E-state index contributed by atoms with van der Waals surface area (Å²) in [5.41, 5.74) is 5.30. The third kappa shape index (κ3) is 8.79. The Bertz CT molecular complexity index is 374. The fourth-order valence-electron chi connectivity index (χ4n) is 0.979. The maximum atomic E-state index is 11.2. The molecule has 0 aromatic carbocycles. The first-order valence-electron chi connectivity index (χ1n) is 4.51. The lowest BCUT2D eigenvalue weighted by atomic mass is 10.1. The van der Waals surface area contributed by atoms with Crippen LogP contribution in [0, 0.1) is 5.92 Å². The van der Waals surface area contributed by atoms with Crippen LogP contribution in [0.4, 0.5) is 0 Å². The molecule has 15 heavy (non-hydrogen) atoms. The standard InChI is InChI=1S/C7H18N2O4S2/c1-7(3-4-8)5-9-15(12,13)6-14(2,10)11/h7,9H,3-6,8H2,1-2H3. The molecule has 0 saturated heterocycles. The largest absolute Gasteiger partial charge is 0.330 e. The molecule has 1 unspecified atom stereocenters. The van der Waals surface area contributed by atoms with Gasteiger partial charge in [-0.2, -0.15) is 0 Å². The summed E-state index contributed by atoms with van der Waals surface area (Å²) in [5, 5.41) is -0.866. The summed E-state index contributed by atoms with van der Waals surface area (Å²) in [6.07, 6.45) is 1.58. The van der Waals surface area contributed by atoms with Crippen LogP contribution in [0.1, 0.15) is 13.3 Å². The Hall–Kier alpha value is -0.180. The van der Waals surface area contributed by atoms with Crippen LogP contribution in [-0.4, -0.2) is 41.3 Å². The van der Waals surface area contributed by atoms with E-state index in [1.165, 1.54) is 0 Å². The predicted octanol–water partition coefficient (Wildman–Crippen LogP) is -1.11. The van der Waals surface area contributed by atoms with Gasteiger partial charge in [-0.1, -0.05) is 6.92 Å². The molecule has 0 aromatic heterocycles. The molecule has 0 radical (unpaired) electrons. The van der Waals surface area contributed by atoms with Crippen molar-refractivity contribution in [3.05, 3.63) is 0 Å². The van der Waals surface area contributed by atoms with Crippen LogP contribution in [0.2, 0.25) is 0 Å². The van der Waals surface area contributed by atoms with E-state index in [1.807, 2.05) is 6.92 Å². The van der Waals surface area contributed by atoms with Crippen LogP contribution >= 0.6 is 0 Å². The van der Waals surface area contributed by atoms with E-state index < -0.39 is 24.9 Å². The van der Waals surface area contributed by atoms with E-state index in [0.717, 1.165) is 6.26 Å². The molecule has 8 heteroatoms. The van der Waals surface area contributed by atoms with Gasteiger partial charge in [-0.3, -0.25) is 0 Å². The first-order valence-corrected chi connectivity index (χ1v) is 8.22. The second kappa shape index (κ2) is 5.78. The van der Waals surface area contributed by atoms with Gasteiger partial charge < -0.3 is 5.73 Å². The molecular formula is C7H18N2O4S2. The molecule has 3 N–H and O–H groups in total. The lowest BCUT2D eigenvalue weighted by molar-refractivity contribution is 0.516. The zero-order chi connectivity index (χ0) is 12.1. The van der Waals surface area contributed by atoms with Crippen LogP contribution < -0.4 is 10.5 Å². The van der Waals surface area contributed by atoms with Crippen molar-refractivity contribution in [2.24, 2.45) is 11.7 Å². The minimum atomic E-state index is -3.73. The van der Waals surface area contributed by atoms with Gasteiger partial charge in [0.05, 0.1) is 0 Å². The number of nitrogens with two attached hydrogens (primary N) is 1. The Labute approximate surface area is 91.2 Å². The molecule has 0 heterocycles. The zero-order valence-electron chi connectivity index (χ0n) is 8.93. The molecule has 0 amide bonds.